The third kappa shape index (κ3) is 5.22. The number of aromatic nitrogens is 2. The fourth-order valence-electron chi connectivity index (χ4n) is 3.43. The number of nitrogens with zero attached hydrogens (tertiary/aromatic N) is 2. The van der Waals surface area contributed by atoms with E-state index < -0.39 is 17.9 Å². The van der Waals surface area contributed by atoms with Gasteiger partial charge in [-0.2, -0.15) is 0 Å². The van der Waals surface area contributed by atoms with Crippen LogP contribution >= 0.6 is 11.6 Å². The van der Waals surface area contributed by atoms with E-state index in [1.54, 1.807) is 43.5 Å². The summed E-state index contributed by atoms with van der Waals surface area (Å²) in [6, 6.07) is 20.3. The Kier molecular flexibility index (Phi) is 6.85. The van der Waals surface area contributed by atoms with Crippen LogP contribution in [0.2, 0.25) is 5.02 Å². The Morgan fingerprint density at radius 3 is 2.41 bits per heavy atom. The lowest BCUT2D eigenvalue weighted by Crippen LogP contribution is -2.28. The lowest BCUT2D eigenvalue weighted by Gasteiger charge is -2.17. The highest BCUT2D eigenvalue weighted by molar-refractivity contribution is 6.30. The van der Waals surface area contributed by atoms with Crippen molar-refractivity contribution in [3.05, 3.63) is 107 Å². The molecule has 2 N–H and O–H groups in total. The highest BCUT2D eigenvalue weighted by atomic mass is 35.5. The van der Waals surface area contributed by atoms with E-state index in [0.717, 1.165) is 11.3 Å². The zero-order chi connectivity index (χ0) is 24.1. The van der Waals surface area contributed by atoms with Crippen molar-refractivity contribution in [2.75, 3.05) is 0 Å². The highest BCUT2D eigenvalue weighted by Gasteiger charge is 2.21. The van der Waals surface area contributed by atoms with Crippen molar-refractivity contribution in [2.45, 2.75) is 13.0 Å². The minimum absolute atomic E-state index is 0.0752. The van der Waals surface area contributed by atoms with Gasteiger partial charge in [-0.25, -0.2) is 9.78 Å². The number of ether oxygens (including phenoxy) is 1. The van der Waals surface area contributed by atoms with Crippen LogP contribution in [0, 0.1) is 0 Å². The van der Waals surface area contributed by atoms with E-state index >= 15 is 0 Å². The number of hydrogen-bond donors (Lipinski definition) is 2. The zero-order valence-electron chi connectivity index (χ0n) is 18.1. The van der Waals surface area contributed by atoms with Crippen molar-refractivity contribution >= 4 is 23.5 Å². The van der Waals surface area contributed by atoms with Gasteiger partial charge in [-0.15, -0.1) is 0 Å². The van der Waals surface area contributed by atoms with Crippen LogP contribution in [0.5, 0.6) is 11.6 Å². The second-order valence-electron chi connectivity index (χ2n) is 7.44. The lowest BCUT2D eigenvalue weighted by atomic mass is 10.0. The maximum absolute atomic E-state index is 13.1. The molecule has 0 saturated heterocycles. The molecule has 0 aliphatic carbocycles. The maximum Gasteiger partial charge on any atom is 0.336 e. The lowest BCUT2D eigenvalue weighted by molar-refractivity contribution is 0.0693. The molecule has 34 heavy (non-hydrogen) atoms. The Balaban J connectivity index is 1.55. The van der Waals surface area contributed by atoms with Crippen LogP contribution in [0.4, 0.5) is 0 Å². The van der Waals surface area contributed by atoms with Crippen molar-refractivity contribution in [3.63, 3.8) is 0 Å². The zero-order valence-corrected chi connectivity index (χ0v) is 18.9. The standard InChI is InChI=1S/C26H20ClN3O4/c1-16(20-6-2-3-7-21(20)26(32)33)30-24(31)22-14-18(27)15-29-25(22)34-19-11-9-17(10-12-19)23-8-4-5-13-28-23/h2-16H,1H3,(H,30,31)(H,32,33)/t16-/m0/s1. The van der Waals surface area contributed by atoms with Gasteiger partial charge in [0.2, 0.25) is 5.88 Å². The van der Waals surface area contributed by atoms with E-state index in [-0.39, 0.29) is 22.0 Å². The number of halogens is 1. The van der Waals surface area contributed by atoms with Crippen LogP contribution in [-0.4, -0.2) is 27.0 Å². The summed E-state index contributed by atoms with van der Waals surface area (Å²) in [6.45, 7) is 1.70. The molecular weight excluding hydrogens is 454 g/mol. The van der Waals surface area contributed by atoms with Gasteiger partial charge in [-0.1, -0.05) is 35.9 Å². The molecule has 0 spiro atoms. The monoisotopic (exact) mass is 473 g/mol. The third-order valence-electron chi connectivity index (χ3n) is 5.10. The summed E-state index contributed by atoms with van der Waals surface area (Å²) in [5.74, 6) is -1.01. The number of benzene rings is 2. The van der Waals surface area contributed by atoms with Crippen LogP contribution in [0.15, 0.2) is 85.2 Å². The van der Waals surface area contributed by atoms with Crippen LogP contribution in [-0.2, 0) is 0 Å². The molecule has 170 valence electrons. The van der Waals surface area contributed by atoms with E-state index in [4.69, 9.17) is 16.3 Å². The number of carboxylic acid groups (broad SMARTS) is 1. The quantitative estimate of drug-likeness (QED) is 0.353. The second kappa shape index (κ2) is 10.1. The van der Waals surface area contributed by atoms with E-state index in [0.29, 0.717) is 11.3 Å². The molecule has 2 aromatic heterocycles. The van der Waals surface area contributed by atoms with Crippen LogP contribution < -0.4 is 10.1 Å². The van der Waals surface area contributed by atoms with E-state index in [9.17, 15) is 14.7 Å². The van der Waals surface area contributed by atoms with Crippen molar-refractivity contribution < 1.29 is 19.4 Å². The minimum atomic E-state index is -1.07. The number of nitrogens with one attached hydrogen (secondary N) is 1. The number of rotatable bonds is 7. The summed E-state index contributed by atoms with van der Waals surface area (Å²) in [4.78, 5) is 33.1. The van der Waals surface area contributed by atoms with Gasteiger partial charge in [0.05, 0.1) is 22.3 Å². The number of amides is 1. The minimum Gasteiger partial charge on any atom is -0.478 e. The Hall–Kier alpha value is -4.23. The molecule has 4 aromatic rings. The smallest absolute Gasteiger partial charge is 0.336 e. The number of carboxylic acids is 1. The van der Waals surface area contributed by atoms with Gasteiger partial charge in [0.1, 0.15) is 11.3 Å². The molecule has 4 rings (SSSR count). The summed E-state index contributed by atoms with van der Waals surface area (Å²) in [5.41, 5.74) is 2.46. The average Bonchev–Trinajstić information content (AvgIpc) is 2.86. The summed E-state index contributed by atoms with van der Waals surface area (Å²) in [6.07, 6.45) is 3.11. The fourth-order valence-corrected chi connectivity index (χ4v) is 3.59. The number of carbonyl (C=O) groups is 2. The molecule has 8 heteroatoms. The van der Waals surface area contributed by atoms with Crippen LogP contribution in [0.3, 0.4) is 0 Å². The first-order valence-electron chi connectivity index (χ1n) is 10.4. The predicted octanol–water partition coefficient (Wildman–Crippen LogP) is 5.78. The molecule has 0 aliphatic rings. The predicted molar refractivity (Wildman–Crippen MR) is 128 cm³/mol. The SMILES string of the molecule is C[C@H](NC(=O)c1cc(Cl)cnc1Oc1ccc(-c2ccccn2)cc1)c1ccccc1C(=O)O. The molecule has 7 nitrogen and oxygen atoms in total. The second-order valence-corrected chi connectivity index (χ2v) is 7.87. The molecule has 1 atom stereocenters. The maximum atomic E-state index is 13.1. The summed E-state index contributed by atoms with van der Waals surface area (Å²) >= 11 is 6.09. The first-order chi connectivity index (χ1) is 16.4. The molecule has 2 heterocycles. The first kappa shape index (κ1) is 22.9. The van der Waals surface area contributed by atoms with Gasteiger partial charge in [-0.05, 0) is 61.0 Å². The highest BCUT2D eigenvalue weighted by Crippen LogP contribution is 2.28. The number of carbonyl (C=O) groups excluding carboxylic acids is 1. The average molecular weight is 474 g/mol. The van der Waals surface area contributed by atoms with Crippen molar-refractivity contribution in [1.29, 1.82) is 0 Å². The number of hydrogen-bond acceptors (Lipinski definition) is 5. The largest absolute Gasteiger partial charge is 0.478 e. The Bertz CT molecular complexity index is 1330. The molecule has 0 aliphatic heterocycles. The van der Waals surface area contributed by atoms with Gasteiger partial charge in [0, 0.05) is 18.0 Å². The third-order valence-corrected chi connectivity index (χ3v) is 5.30. The summed E-state index contributed by atoms with van der Waals surface area (Å²) in [7, 11) is 0. The Morgan fingerprint density at radius 1 is 0.971 bits per heavy atom. The summed E-state index contributed by atoms with van der Waals surface area (Å²) in [5, 5.41) is 12.5. The fraction of sp³-hybridized carbons (Fsp3) is 0.0769. The van der Waals surface area contributed by atoms with Gasteiger partial charge in [0.15, 0.2) is 0 Å². The molecule has 0 fully saturated rings. The van der Waals surface area contributed by atoms with E-state index in [2.05, 4.69) is 15.3 Å². The molecule has 0 radical (unpaired) electrons. The molecule has 0 bridgehead atoms. The van der Waals surface area contributed by atoms with E-state index in [1.807, 2.05) is 30.3 Å². The van der Waals surface area contributed by atoms with Gasteiger partial charge in [0.25, 0.3) is 5.91 Å². The van der Waals surface area contributed by atoms with E-state index in [1.165, 1.54) is 18.3 Å². The number of pyridine rings is 2. The summed E-state index contributed by atoms with van der Waals surface area (Å²) < 4.78 is 5.88. The van der Waals surface area contributed by atoms with Crippen LogP contribution in [0.25, 0.3) is 11.3 Å². The van der Waals surface area contributed by atoms with Gasteiger partial charge in [-0.3, -0.25) is 9.78 Å². The normalized spacial score (nSPS) is 11.5. The van der Waals surface area contributed by atoms with Gasteiger partial charge < -0.3 is 15.2 Å². The van der Waals surface area contributed by atoms with Gasteiger partial charge >= 0.3 is 5.97 Å². The van der Waals surface area contributed by atoms with Crippen molar-refractivity contribution in [3.8, 4) is 22.9 Å². The Morgan fingerprint density at radius 2 is 1.71 bits per heavy atom. The molecular formula is C26H20ClN3O4. The molecule has 2 aromatic carbocycles. The van der Waals surface area contributed by atoms with Crippen molar-refractivity contribution in [2.24, 2.45) is 0 Å². The molecule has 0 unspecified atom stereocenters. The molecule has 0 saturated carbocycles. The van der Waals surface area contributed by atoms with Crippen molar-refractivity contribution in [1.82, 2.24) is 15.3 Å². The topological polar surface area (TPSA) is 101 Å². The first-order valence-corrected chi connectivity index (χ1v) is 10.8. The Labute approximate surface area is 201 Å². The molecule has 1 amide bonds. The number of aromatic carboxylic acids is 1. The van der Waals surface area contributed by atoms with Crippen LogP contribution in [0.1, 0.15) is 39.2 Å².